The largest absolute Gasteiger partial charge is 0.399 e. The zero-order valence-corrected chi connectivity index (χ0v) is 11.2. The molecular formula is C13H9BrF2N2O. The number of amides is 1. The highest BCUT2D eigenvalue weighted by atomic mass is 79.9. The molecular weight excluding hydrogens is 318 g/mol. The Morgan fingerprint density at radius 2 is 1.89 bits per heavy atom. The minimum absolute atomic E-state index is 0.0665. The number of anilines is 2. The summed E-state index contributed by atoms with van der Waals surface area (Å²) in [6, 6.07) is 8.11. The highest BCUT2D eigenvalue weighted by molar-refractivity contribution is 9.10. The van der Waals surface area contributed by atoms with Gasteiger partial charge in [-0.05, 0) is 40.2 Å². The van der Waals surface area contributed by atoms with Crippen LogP contribution in [-0.4, -0.2) is 5.91 Å². The van der Waals surface area contributed by atoms with Crippen molar-refractivity contribution in [3.63, 3.8) is 0 Å². The standard InChI is InChI=1S/C13H9BrF2N2O/c14-9-5-12(11(16)6-10(9)15)18-13(19)7-2-1-3-8(17)4-7/h1-6H,17H2,(H,18,19). The smallest absolute Gasteiger partial charge is 0.255 e. The van der Waals surface area contributed by atoms with Crippen LogP contribution in [0.5, 0.6) is 0 Å². The first-order valence-corrected chi connectivity index (χ1v) is 6.08. The van der Waals surface area contributed by atoms with Gasteiger partial charge in [-0.3, -0.25) is 4.79 Å². The van der Waals surface area contributed by atoms with Crippen molar-refractivity contribution in [3.8, 4) is 0 Å². The van der Waals surface area contributed by atoms with E-state index in [4.69, 9.17) is 5.73 Å². The second-order valence-electron chi connectivity index (χ2n) is 3.83. The van der Waals surface area contributed by atoms with E-state index in [1.165, 1.54) is 6.07 Å². The molecule has 0 saturated carbocycles. The molecule has 0 aliphatic heterocycles. The van der Waals surface area contributed by atoms with Crippen molar-refractivity contribution >= 4 is 33.2 Å². The lowest BCUT2D eigenvalue weighted by atomic mass is 10.2. The maximum atomic E-state index is 13.5. The van der Waals surface area contributed by atoms with Crippen LogP contribution in [0.15, 0.2) is 40.9 Å². The average molecular weight is 327 g/mol. The molecule has 3 N–H and O–H groups in total. The Balaban J connectivity index is 2.27. The second kappa shape index (κ2) is 5.36. The minimum atomic E-state index is -0.849. The van der Waals surface area contributed by atoms with E-state index in [-0.39, 0.29) is 10.2 Å². The molecule has 0 heterocycles. The lowest BCUT2D eigenvalue weighted by Crippen LogP contribution is -2.13. The average Bonchev–Trinajstić information content (AvgIpc) is 2.36. The van der Waals surface area contributed by atoms with E-state index >= 15 is 0 Å². The molecule has 0 aromatic heterocycles. The fraction of sp³-hybridized carbons (Fsp3) is 0. The van der Waals surface area contributed by atoms with Crippen molar-refractivity contribution in [1.29, 1.82) is 0 Å². The summed E-state index contributed by atoms with van der Waals surface area (Å²) >= 11 is 2.93. The van der Waals surface area contributed by atoms with Gasteiger partial charge in [0.2, 0.25) is 0 Å². The van der Waals surface area contributed by atoms with Gasteiger partial charge < -0.3 is 11.1 Å². The third-order valence-corrected chi connectivity index (χ3v) is 3.01. The van der Waals surface area contributed by atoms with Gasteiger partial charge in [-0.1, -0.05) is 6.07 Å². The molecule has 6 heteroatoms. The zero-order chi connectivity index (χ0) is 14.0. The number of nitrogen functional groups attached to an aromatic ring is 1. The second-order valence-corrected chi connectivity index (χ2v) is 4.68. The van der Waals surface area contributed by atoms with E-state index in [1.54, 1.807) is 18.2 Å². The van der Waals surface area contributed by atoms with Crippen LogP contribution in [0.25, 0.3) is 0 Å². The van der Waals surface area contributed by atoms with Gasteiger partial charge in [0.05, 0.1) is 10.2 Å². The quantitative estimate of drug-likeness (QED) is 0.654. The maximum Gasteiger partial charge on any atom is 0.255 e. The molecule has 0 saturated heterocycles. The van der Waals surface area contributed by atoms with Crippen molar-refractivity contribution in [3.05, 3.63) is 58.1 Å². The Labute approximate surface area is 116 Å². The molecule has 2 rings (SSSR count). The van der Waals surface area contributed by atoms with Crippen LogP contribution < -0.4 is 11.1 Å². The number of carbonyl (C=O) groups excluding carboxylic acids is 1. The van der Waals surface area contributed by atoms with Crippen LogP contribution in [0, 0.1) is 11.6 Å². The summed E-state index contributed by atoms with van der Waals surface area (Å²) in [5, 5.41) is 2.36. The molecule has 0 aliphatic rings. The predicted molar refractivity (Wildman–Crippen MR) is 72.9 cm³/mol. The monoisotopic (exact) mass is 326 g/mol. The van der Waals surface area contributed by atoms with E-state index in [1.807, 2.05) is 0 Å². The van der Waals surface area contributed by atoms with Crippen LogP contribution in [0.4, 0.5) is 20.2 Å². The minimum Gasteiger partial charge on any atom is -0.399 e. The number of nitrogens with one attached hydrogen (secondary N) is 1. The Morgan fingerprint density at radius 3 is 2.58 bits per heavy atom. The summed E-state index contributed by atoms with van der Waals surface area (Å²) in [7, 11) is 0. The van der Waals surface area contributed by atoms with Gasteiger partial charge in [0.25, 0.3) is 5.91 Å². The van der Waals surface area contributed by atoms with Gasteiger partial charge >= 0.3 is 0 Å². The molecule has 0 aliphatic carbocycles. The Kier molecular flexibility index (Phi) is 3.80. The maximum absolute atomic E-state index is 13.5. The molecule has 2 aromatic rings. The highest BCUT2D eigenvalue weighted by Gasteiger charge is 2.12. The Hall–Kier alpha value is -1.95. The molecule has 0 bridgehead atoms. The number of nitrogens with two attached hydrogens (primary N) is 1. The summed E-state index contributed by atoms with van der Waals surface area (Å²) < 4.78 is 26.6. The molecule has 0 spiro atoms. The van der Waals surface area contributed by atoms with Gasteiger partial charge in [-0.15, -0.1) is 0 Å². The molecule has 98 valence electrons. The fourth-order valence-electron chi connectivity index (χ4n) is 1.49. The number of carbonyl (C=O) groups is 1. The van der Waals surface area contributed by atoms with Crippen LogP contribution >= 0.6 is 15.9 Å². The van der Waals surface area contributed by atoms with E-state index in [0.717, 1.165) is 6.07 Å². The molecule has 0 fully saturated rings. The first-order valence-electron chi connectivity index (χ1n) is 5.29. The van der Waals surface area contributed by atoms with E-state index in [2.05, 4.69) is 21.2 Å². The SMILES string of the molecule is Nc1cccc(C(=O)Nc2cc(Br)c(F)cc2F)c1. The van der Waals surface area contributed by atoms with Crippen molar-refractivity contribution in [2.45, 2.75) is 0 Å². The topological polar surface area (TPSA) is 55.1 Å². The van der Waals surface area contributed by atoms with Gasteiger partial charge in [-0.2, -0.15) is 0 Å². The van der Waals surface area contributed by atoms with Crippen LogP contribution in [0.2, 0.25) is 0 Å². The third-order valence-electron chi connectivity index (χ3n) is 2.41. The van der Waals surface area contributed by atoms with Crippen molar-refractivity contribution in [2.24, 2.45) is 0 Å². The molecule has 2 aromatic carbocycles. The highest BCUT2D eigenvalue weighted by Crippen LogP contribution is 2.24. The molecule has 19 heavy (non-hydrogen) atoms. The fourth-order valence-corrected chi connectivity index (χ4v) is 1.84. The first kappa shape index (κ1) is 13.5. The molecule has 0 radical (unpaired) electrons. The summed E-state index contributed by atoms with van der Waals surface area (Å²) in [6.07, 6.45) is 0. The number of halogens is 3. The van der Waals surface area contributed by atoms with Crippen LogP contribution in [0.1, 0.15) is 10.4 Å². The van der Waals surface area contributed by atoms with Crippen LogP contribution in [-0.2, 0) is 0 Å². The van der Waals surface area contributed by atoms with E-state index < -0.39 is 17.5 Å². The van der Waals surface area contributed by atoms with Gasteiger partial charge in [0.15, 0.2) is 0 Å². The van der Waals surface area contributed by atoms with E-state index in [9.17, 15) is 13.6 Å². The lowest BCUT2D eigenvalue weighted by molar-refractivity contribution is 0.102. The van der Waals surface area contributed by atoms with Crippen molar-refractivity contribution in [2.75, 3.05) is 11.1 Å². The number of hydrogen-bond donors (Lipinski definition) is 2. The van der Waals surface area contributed by atoms with Gasteiger partial charge in [0, 0.05) is 17.3 Å². The summed E-state index contributed by atoms with van der Waals surface area (Å²) in [5.41, 5.74) is 6.16. The number of benzene rings is 2. The lowest BCUT2D eigenvalue weighted by Gasteiger charge is -2.08. The Bertz CT molecular complexity index is 647. The van der Waals surface area contributed by atoms with Gasteiger partial charge in [0.1, 0.15) is 11.6 Å². The Morgan fingerprint density at radius 1 is 1.16 bits per heavy atom. The van der Waals surface area contributed by atoms with Gasteiger partial charge in [-0.25, -0.2) is 8.78 Å². The molecule has 1 amide bonds. The summed E-state index contributed by atoms with van der Waals surface area (Å²) in [4.78, 5) is 11.9. The first-order chi connectivity index (χ1) is 8.97. The van der Waals surface area contributed by atoms with Crippen LogP contribution in [0.3, 0.4) is 0 Å². The summed E-state index contributed by atoms with van der Waals surface area (Å²) in [6.45, 7) is 0. The predicted octanol–water partition coefficient (Wildman–Crippen LogP) is 3.56. The number of rotatable bonds is 2. The zero-order valence-electron chi connectivity index (χ0n) is 9.58. The molecule has 3 nitrogen and oxygen atoms in total. The van der Waals surface area contributed by atoms with Crippen molar-refractivity contribution < 1.29 is 13.6 Å². The molecule has 0 unspecified atom stereocenters. The summed E-state index contributed by atoms with van der Waals surface area (Å²) in [5.74, 6) is -2.11. The number of hydrogen-bond acceptors (Lipinski definition) is 2. The molecule has 0 atom stereocenters. The van der Waals surface area contributed by atoms with E-state index in [0.29, 0.717) is 17.3 Å². The van der Waals surface area contributed by atoms with Crippen molar-refractivity contribution in [1.82, 2.24) is 0 Å². The third kappa shape index (κ3) is 3.08. The normalized spacial score (nSPS) is 10.3.